The average molecular weight is 223 g/mol. The summed E-state index contributed by atoms with van der Waals surface area (Å²) >= 11 is 0. The molecule has 82 valence electrons. The Hall–Kier alpha value is -1.09. The highest BCUT2D eigenvalue weighted by Crippen LogP contribution is 2.15. The first-order valence-electron chi connectivity index (χ1n) is 4.97. The molecular weight excluding hydrogens is 206 g/mol. The second-order valence-corrected chi connectivity index (χ2v) is 5.88. The summed E-state index contributed by atoms with van der Waals surface area (Å²) in [5.41, 5.74) is 0. The molecule has 0 fully saturated rings. The van der Waals surface area contributed by atoms with Gasteiger partial charge in [-0.2, -0.15) is 0 Å². The highest BCUT2D eigenvalue weighted by atomic mass is 32.2. The van der Waals surface area contributed by atoms with Crippen LogP contribution < -0.4 is 0 Å². The number of rotatable bonds is 3. The van der Waals surface area contributed by atoms with Gasteiger partial charge in [-0.3, -0.25) is 0 Å². The SMILES string of the molecule is CN=S(=O)(/C=C/C(C)C)c1ccccc1. The third-order valence-corrected chi connectivity index (χ3v) is 4.02. The maximum atomic E-state index is 12.4. The molecule has 0 radical (unpaired) electrons. The van der Waals surface area contributed by atoms with Crippen LogP contribution in [0.3, 0.4) is 0 Å². The van der Waals surface area contributed by atoms with Gasteiger partial charge in [0, 0.05) is 12.5 Å². The number of allylic oxidation sites excluding steroid dienone is 1. The van der Waals surface area contributed by atoms with Crippen molar-refractivity contribution in [2.24, 2.45) is 10.3 Å². The van der Waals surface area contributed by atoms with Gasteiger partial charge in [-0.15, -0.1) is 0 Å². The molecule has 0 aliphatic heterocycles. The molecule has 1 rings (SSSR count). The topological polar surface area (TPSA) is 29.4 Å². The zero-order valence-electron chi connectivity index (χ0n) is 9.38. The van der Waals surface area contributed by atoms with Crippen molar-refractivity contribution >= 4 is 9.73 Å². The van der Waals surface area contributed by atoms with E-state index < -0.39 is 9.73 Å². The lowest BCUT2D eigenvalue weighted by Crippen LogP contribution is -1.96. The van der Waals surface area contributed by atoms with Gasteiger partial charge in [0.2, 0.25) is 0 Å². The van der Waals surface area contributed by atoms with Gasteiger partial charge in [0.05, 0.1) is 14.6 Å². The summed E-state index contributed by atoms with van der Waals surface area (Å²) in [5, 5.41) is 1.72. The van der Waals surface area contributed by atoms with Crippen LogP contribution in [0.1, 0.15) is 13.8 Å². The molecule has 0 aromatic heterocycles. The van der Waals surface area contributed by atoms with Crippen LogP contribution in [0.5, 0.6) is 0 Å². The molecule has 0 bridgehead atoms. The summed E-state index contributed by atoms with van der Waals surface area (Å²) in [6, 6.07) is 9.36. The van der Waals surface area contributed by atoms with E-state index in [2.05, 4.69) is 18.2 Å². The number of hydrogen-bond acceptors (Lipinski definition) is 2. The third-order valence-electron chi connectivity index (χ3n) is 2.00. The van der Waals surface area contributed by atoms with Gasteiger partial charge in [0.1, 0.15) is 0 Å². The number of hydrogen-bond donors (Lipinski definition) is 0. The van der Waals surface area contributed by atoms with Crippen molar-refractivity contribution in [3.05, 3.63) is 41.8 Å². The van der Waals surface area contributed by atoms with Crippen molar-refractivity contribution in [2.75, 3.05) is 7.05 Å². The Morgan fingerprint density at radius 1 is 1.27 bits per heavy atom. The molecule has 0 heterocycles. The van der Waals surface area contributed by atoms with E-state index in [0.717, 1.165) is 4.90 Å². The quantitative estimate of drug-likeness (QED) is 0.773. The molecule has 1 atom stereocenters. The zero-order chi connectivity index (χ0) is 11.3. The molecule has 1 aromatic rings. The smallest absolute Gasteiger partial charge is 0.0963 e. The second kappa shape index (κ2) is 5.12. The molecule has 0 saturated heterocycles. The Morgan fingerprint density at radius 3 is 2.33 bits per heavy atom. The van der Waals surface area contributed by atoms with Crippen LogP contribution in [0.4, 0.5) is 0 Å². The fraction of sp³-hybridized carbons (Fsp3) is 0.333. The Bertz CT molecular complexity index is 440. The Balaban J connectivity index is 3.15. The van der Waals surface area contributed by atoms with E-state index in [1.165, 1.54) is 0 Å². The van der Waals surface area contributed by atoms with Crippen LogP contribution in [-0.4, -0.2) is 11.3 Å². The maximum absolute atomic E-state index is 12.4. The zero-order valence-corrected chi connectivity index (χ0v) is 10.2. The van der Waals surface area contributed by atoms with E-state index in [1.54, 1.807) is 12.5 Å². The molecular formula is C12H17NOS. The van der Waals surface area contributed by atoms with Crippen molar-refractivity contribution in [3.63, 3.8) is 0 Å². The lowest BCUT2D eigenvalue weighted by Gasteiger charge is -2.04. The largest absolute Gasteiger partial charge is 0.240 e. The summed E-state index contributed by atoms with van der Waals surface area (Å²) in [6.07, 6.45) is 1.93. The first-order chi connectivity index (χ1) is 7.08. The third kappa shape index (κ3) is 3.20. The molecule has 2 nitrogen and oxygen atoms in total. The van der Waals surface area contributed by atoms with Gasteiger partial charge >= 0.3 is 0 Å². The lowest BCUT2D eigenvalue weighted by atomic mass is 10.2. The van der Waals surface area contributed by atoms with Gasteiger partial charge in [-0.25, -0.2) is 8.57 Å². The standard InChI is InChI=1S/C12H17NOS/c1-11(2)9-10-15(14,13-3)12-7-5-4-6-8-12/h4-11H,1-3H3/b10-9+. The van der Waals surface area contributed by atoms with E-state index in [-0.39, 0.29) is 0 Å². The van der Waals surface area contributed by atoms with Crippen molar-refractivity contribution < 1.29 is 4.21 Å². The van der Waals surface area contributed by atoms with Crippen molar-refractivity contribution in [1.29, 1.82) is 0 Å². The first kappa shape index (κ1) is 12.0. The van der Waals surface area contributed by atoms with Gasteiger partial charge in [-0.1, -0.05) is 38.1 Å². The molecule has 0 aliphatic carbocycles. The van der Waals surface area contributed by atoms with Gasteiger partial charge in [0.15, 0.2) is 0 Å². The molecule has 0 amide bonds. The summed E-state index contributed by atoms with van der Waals surface area (Å²) in [4.78, 5) is 0.768. The number of benzene rings is 1. The molecule has 15 heavy (non-hydrogen) atoms. The van der Waals surface area contributed by atoms with Crippen LogP contribution in [0, 0.1) is 5.92 Å². The van der Waals surface area contributed by atoms with Crippen LogP contribution in [0.2, 0.25) is 0 Å². The molecule has 0 N–H and O–H groups in total. The van der Waals surface area contributed by atoms with Crippen molar-refractivity contribution in [3.8, 4) is 0 Å². The van der Waals surface area contributed by atoms with Crippen molar-refractivity contribution in [1.82, 2.24) is 0 Å². The highest BCUT2D eigenvalue weighted by Gasteiger charge is 2.06. The van der Waals surface area contributed by atoms with Crippen LogP contribution >= 0.6 is 0 Å². The Morgan fingerprint density at radius 2 is 1.87 bits per heavy atom. The van der Waals surface area contributed by atoms with E-state index >= 15 is 0 Å². The maximum Gasteiger partial charge on any atom is 0.0963 e. The molecule has 0 spiro atoms. The Kier molecular flexibility index (Phi) is 4.09. The second-order valence-electron chi connectivity index (χ2n) is 3.64. The highest BCUT2D eigenvalue weighted by molar-refractivity contribution is 7.96. The summed E-state index contributed by atoms with van der Waals surface area (Å²) in [5.74, 6) is 0.385. The lowest BCUT2D eigenvalue weighted by molar-refractivity contribution is 0.681. The molecule has 1 unspecified atom stereocenters. The fourth-order valence-corrected chi connectivity index (χ4v) is 2.69. The van der Waals surface area contributed by atoms with Crippen LogP contribution in [0.15, 0.2) is 51.1 Å². The van der Waals surface area contributed by atoms with Crippen molar-refractivity contribution in [2.45, 2.75) is 18.7 Å². The van der Waals surface area contributed by atoms with Crippen LogP contribution in [0.25, 0.3) is 0 Å². The number of nitrogens with zero attached hydrogens (tertiary/aromatic N) is 1. The summed E-state index contributed by atoms with van der Waals surface area (Å²) < 4.78 is 16.4. The molecule has 3 heteroatoms. The fourth-order valence-electron chi connectivity index (χ4n) is 1.12. The van der Waals surface area contributed by atoms with Gasteiger partial charge < -0.3 is 0 Å². The minimum absolute atomic E-state index is 0.385. The van der Waals surface area contributed by atoms with E-state index in [0.29, 0.717) is 5.92 Å². The molecule has 0 aliphatic rings. The monoisotopic (exact) mass is 223 g/mol. The van der Waals surface area contributed by atoms with E-state index in [9.17, 15) is 4.21 Å². The minimum atomic E-state index is -2.36. The molecule has 1 aromatic carbocycles. The molecule has 0 saturated carbocycles. The Labute approximate surface area is 92.2 Å². The predicted octanol–water partition coefficient (Wildman–Crippen LogP) is 3.31. The normalized spacial score (nSPS) is 15.5. The minimum Gasteiger partial charge on any atom is -0.240 e. The predicted molar refractivity (Wildman–Crippen MR) is 65.2 cm³/mol. The summed E-state index contributed by atoms with van der Waals surface area (Å²) in [7, 11) is -0.759. The van der Waals surface area contributed by atoms with E-state index in [4.69, 9.17) is 0 Å². The summed E-state index contributed by atoms with van der Waals surface area (Å²) in [6.45, 7) is 4.11. The van der Waals surface area contributed by atoms with E-state index in [1.807, 2.05) is 36.4 Å². The van der Waals surface area contributed by atoms with Gasteiger partial charge in [0.25, 0.3) is 0 Å². The van der Waals surface area contributed by atoms with Crippen LogP contribution in [-0.2, 0) is 9.73 Å². The first-order valence-corrected chi connectivity index (χ1v) is 6.55. The average Bonchev–Trinajstić information content (AvgIpc) is 2.27. The van der Waals surface area contributed by atoms with Gasteiger partial charge in [-0.05, 0) is 18.1 Å².